The lowest BCUT2D eigenvalue weighted by molar-refractivity contribution is -0.384. The predicted octanol–water partition coefficient (Wildman–Crippen LogP) is 3.21. The van der Waals surface area contributed by atoms with Crippen molar-refractivity contribution in [3.8, 4) is 0 Å². The monoisotopic (exact) mass is 379 g/mol. The molecule has 0 radical (unpaired) electrons. The topological polar surface area (TPSA) is 93.0 Å². The highest BCUT2D eigenvalue weighted by Gasteiger charge is 2.47. The van der Waals surface area contributed by atoms with E-state index in [0.717, 1.165) is 31.0 Å². The number of hydroxylamine groups is 2. The maximum absolute atomic E-state index is 12.7. The highest BCUT2D eigenvalue weighted by Crippen LogP contribution is 2.34. The number of carbonyl (C=O) groups is 2. The van der Waals surface area contributed by atoms with Crippen LogP contribution in [-0.2, 0) is 9.63 Å². The summed E-state index contributed by atoms with van der Waals surface area (Å²) in [6.07, 6.45) is 3.20. The second-order valence-corrected chi connectivity index (χ2v) is 7.44. The Bertz CT molecular complexity index is 696. The Balaban J connectivity index is 1.62. The quantitative estimate of drug-likeness (QED) is 0.313. The summed E-state index contributed by atoms with van der Waals surface area (Å²) in [5.74, 6) is 0. The van der Waals surface area contributed by atoms with Gasteiger partial charge in [0.05, 0.1) is 17.6 Å². The molecular formula is C17H21N3O5S. The molecule has 3 rings (SSSR count). The molecule has 1 aromatic rings. The second kappa shape index (κ2) is 8.05. The fourth-order valence-corrected chi connectivity index (χ4v) is 4.06. The molecule has 2 aliphatic rings. The maximum atomic E-state index is 12.7. The Morgan fingerprint density at radius 1 is 1.35 bits per heavy atom. The first-order chi connectivity index (χ1) is 12.5. The van der Waals surface area contributed by atoms with E-state index in [-0.39, 0.29) is 22.9 Å². The van der Waals surface area contributed by atoms with Gasteiger partial charge in [0, 0.05) is 23.6 Å². The summed E-state index contributed by atoms with van der Waals surface area (Å²) in [5.41, 5.74) is -0.0168. The molecule has 2 fully saturated rings. The third-order valence-electron chi connectivity index (χ3n) is 4.59. The zero-order valence-corrected chi connectivity index (χ0v) is 15.3. The number of hydrogen-bond acceptors (Lipinski definition) is 6. The minimum absolute atomic E-state index is 0.00720. The summed E-state index contributed by atoms with van der Waals surface area (Å²) in [6.45, 7) is 3.06. The fraction of sp³-hybridized carbons (Fsp3) is 0.529. The van der Waals surface area contributed by atoms with Crippen molar-refractivity contribution in [2.24, 2.45) is 0 Å². The Morgan fingerprint density at radius 3 is 2.73 bits per heavy atom. The number of benzene rings is 1. The van der Waals surface area contributed by atoms with E-state index in [2.05, 4.69) is 6.92 Å². The van der Waals surface area contributed by atoms with E-state index in [1.54, 1.807) is 17.0 Å². The number of piperidine rings is 1. The third kappa shape index (κ3) is 3.83. The van der Waals surface area contributed by atoms with E-state index < -0.39 is 11.0 Å². The number of unbranched alkanes of at least 4 members (excludes halogenated alkanes) is 1. The first-order valence-corrected chi connectivity index (χ1v) is 9.51. The molecule has 0 aromatic heterocycles. The fourth-order valence-electron chi connectivity index (χ4n) is 3.17. The van der Waals surface area contributed by atoms with E-state index >= 15 is 0 Å². The number of thioether (sulfide) groups is 1. The van der Waals surface area contributed by atoms with Crippen LogP contribution in [0.5, 0.6) is 0 Å². The number of nitro groups is 1. The highest BCUT2D eigenvalue weighted by molar-refractivity contribution is 8.13. The van der Waals surface area contributed by atoms with Crippen LogP contribution in [-0.4, -0.2) is 51.3 Å². The Morgan fingerprint density at radius 2 is 2.08 bits per heavy atom. The number of carbonyl (C=O) groups excluding carboxylic acids is 2. The van der Waals surface area contributed by atoms with E-state index in [0.29, 0.717) is 24.5 Å². The van der Waals surface area contributed by atoms with Crippen molar-refractivity contribution in [2.45, 2.75) is 49.6 Å². The van der Waals surface area contributed by atoms with Crippen LogP contribution in [0.25, 0.3) is 0 Å². The second-order valence-electron chi connectivity index (χ2n) is 6.37. The summed E-state index contributed by atoms with van der Waals surface area (Å²) in [6, 6.07) is 5.13. The van der Waals surface area contributed by atoms with Crippen LogP contribution in [0.1, 0.15) is 32.6 Å². The molecule has 2 amide bonds. The number of urea groups is 1. The Hall–Kier alpha value is -2.13. The molecule has 2 saturated heterocycles. The van der Waals surface area contributed by atoms with Crippen molar-refractivity contribution >= 4 is 28.6 Å². The maximum Gasteiger partial charge on any atom is 0.344 e. The van der Waals surface area contributed by atoms with Crippen LogP contribution >= 0.6 is 11.8 Å². The van der Waals surface area contributed by atoms with Gasteiger partial charge < -0.3 is 4.90 Å². The zero-order chi connectivity index (χ0) is 18.7. The minimum atomic E-state index is -0.487. The molecule has 0 aliphatic carbocycles. The number of fused-ring (bicyclic) bond motifs is 2. The van der Waals surface area contributed by atoms with Gasteiger partial charge in [0.25, 0.3) is 5.69 Å². The SMILES string of the molecule is CCCCON1C(=O)N2C[C@@H]1CC[C@H]2C(=O)Sc1ccc([N+](=O)[O-])cc1. The van der Waals surface area contributed by atoms with Gasteiger partial charge in [-0.05, 0) is 43.2 Å². The van der Waals surface area contributed by atoms with Crippen molar-refractivity contribution in [1.82, 2.24) is 9.96 Å². The van der Waals surface area contributed by atoms with E-state index in [4.69, 9.17) is 4.84 Å². The smallest absolute Gasteiger partial charge is 0.310 e. The average Bonchev–Trinajstić information content (AvgIpc) is 2.87. The lowest BCUT2D eigenvalue weighted by Crippen LogP contribution is -2.44. The van der Waals surface area contributed by atoms with Crippen LogP contribution in [0.3, 0.4) is 0 Å². The predicted molar refractivity (Wildman–Crippen MR) is 95.6 cm³/mol. The summed E-state index contributed by atoms with van der Waals surface area (Å²) in [4.78, 5) is 43.3. The van der Waals surface area contributed by atoms with Gasteiger partial charge in [-0.3, -0.25) is 19.7 Å². The van der Waals surface area contributed by atoms with Crippen molar-refractivity contribution in [3.05, 3.63) is 34.4 Å². The molecule has 2 bridgehead atoms. The molecular weight excluding hydrogens is 358 g/mol. The van der Waals surface area contributed by atoms with Crippen LogP contribution in [0.2, 0.25) is 0 Å². The van der Waals surface area contributed by atoms with Crippen LogP contribution in [0.15, 0.2) is 29.2 Å². The first-order valence-electron chi connectivity index (χ1n) is 8.70. The number of nitro benzene ring substituents is 1. The molecule has 8 nitrogen and oxygen atoms in total. The van der Waals surface area contributed by atoms with Gasteiger partial charge >= 0.3 is 6.03 Å². The van der Waals surface area contributed by atoms with Crippen LogP contribution in [0.4, 0.5) is 10.5 Å². The van der Waals surface area contributed by atoms with Gasteiger partial charge in [-0.25, -0.2) is 4.79 Å². The molecule has 0 spiro atoms. The average molecular weight is 379 g/mol. The lowest BCUT2D eigenvalue weighted by atomic mass is 10.0. The highest BCUT2D eigenvalue weighted by atomic mass is 32.2. The number of rotatable bonds is 7. The molecule has 2 aliphatic heterocycles. The Kier molecular flexibility index (Phi) is 5.77. The van der Waals surface area contributed by atoms with E-state index in [9.17, 15) is 19.7 Å². The summed E-state index contributed by atoms with van der Waals surface area (Å²) in [5, 5.41) is 12.0. The molecule has 0 N–H and O–H groups in total. The van der Waals surface area contributed by atoms with Crippen LogP contribution < -0.4 is 0 Å². The van der Waals surface area contributed by atoms with Crippen molar-refractivity contribution in [2.75, 3.05) is 13.2 Å². The van der Waals surface area contributed by atoms with Gasteiger partial charge in [0.15, 0.2) is 0 Å². The van der Waals surface area contributed by atoms with Gasteiger partial charge in [-0.1, -0.05) is 13.3 Å². The number of hydrogen-bond donors (Lipinski definition) is 0. The number of amides is 2. The van der Waals surface area contributed by atoms with Crippen LogP contribution in [0, 0.1) is 10.1 Å². The van der Waals surface area contributed by atoms with Crippen molar-refractivity contribution in [3.63, 3.8) is 0 Å². The summed E-state index contributed by atoms with van der Waals surface area (Å²) < 4.78 is 0. The first kappa shape index (κ1) is 18.7. The van der Waals surface area contributed by atoms with Crippen molar-refractivity contribution < 1.29 is 19.3 Å². The van der Waals surface area contributed by atoms with E-state index in [1.165, 1.54) is 17.2 Å². The van der Waals surface area contributed by atoms with Crippen molar-refractivity contribution in [1.29, 1.82) is 0 Å². The zero-order valence-electron chi connectivity index (χ0n) is 14.5. The lowest BCUT2D eigenvalue weighted by Gasteiger charge is -2.28. The molecule has 2 heterocycles. The molecule has 26 heavy (non-hydrogen) atoms. The number of nitrogens with zero attached hydrogens (tertiary/aromatic N) is 3. The molecule has 2 atom stereocenters. The Labute approximate surface area is 155 Å². The van der Waals surface area contributed by atoms with Gasteiger partial charge in [0.2, 0.25) is 5.12 Å². The summed E-state index contributed by atoms with van der Waals surface area (Å²) >= 11 is 1.02. The van der Waals surface area contributed by atoms with Gasteiger partial charge in [-0.2, -0.15) is 5.06 Å². The molecule has 140 valence electrons. The molecule has 0 unspecified atom stereocenters. The molecule has 0 saturated carbocycles. The largest absolute Gasteiger partial charge is 0.344 e. The van der Waals surface area contributed by atoms with E-state index in [1.807, 2.05) is 0 Å². The molecule has 1 aromatic carbocycles. The standard InChI is InChI=1S/C17H21N3O5S/c1-2-3-10-25-19-13-6-9-15(18(11-13)17(19)22)16(21)26-14-7-4-12(5-8-14)20(23)24/h4-5,7-8,13,15H,2-3,6,9-11H2,1H3/t13-,15-/m0/s1. The third-order valence-corrected chi connectivity index (χ3v) is 5.57. The normalized spacial score (nSPS) is 22.0. The summed E-state index contributed by atoms with van der Waals surface area (Å²) in [7, 11) is 0. The van der Waals surface area contributed by atoms with Gasteiger partial charge in [0.1, 0.15) is 6.04 Å². The minimum Gasteiger partial charge on any atom is -0.310 e. The molecule has 9 heteroatoms. The number of non-ortho nitro benzene ring substituents is 1. The van der Waals surface area contributed by atoms with Gasteiger partial charge in [-0.15, -0.1) is 0 Å².